The minimum absolute atomic E-state index is 0.153. The molecule has 0 spiro atoms. The van der Waals surface area contributed by atoms with Crippen molar-refractivity contribution in [3.8, 4) is 17.2 Å². The highest BCUT2D eigenvalue weighted by Gasteiger charge is 2.09. The standard InChI is InChI=1S/C14H10N2O4S/c17-14(18)9-1-3-11(4-2-9)19-7-12-15-13(20-16-12)10-5-6-21-8-10/h1-6,8H,7H2,(H,17,18). The van der Waals surface area contributed by atoms with Gasteiger partial charge in [-0.2, -0.15) is 16.3 Å². The van der Waals surface area contributed by atoms with E-state index in [9.17, 15) is 4.79 Å². The van der Waals surface area contributed by atoms with Crippen molar-refractivity contribution in [3.05, 3.63) is 52.5 Å². The fraction of sp³-hybridized carbons (Fsp3) is 0.0714. The zero-order chi connectivity index (χ0) is 14.7. The molecular formula is C14H10N2O4S. The maximum absolute atomic E-state index is 10.7. The lowest BCUT2D eigenvalue weighted by molar-refractivity contribution is 0.0697. The summed E-state index contributed by atoms with van der Waals surface area (Å²) in [5.41, 5.74) is 1.09. The van der Waals surface area contributed by atoms with Crippen LogP contribution in [0.3, 0.4) is 0 Å². The van der Waals surface area contributed by atoms with E-state index in [1.165, 1.54) is 12.1 Å². The maximum atomic E-state index is 10.7. The first kappa shape index (κ1) is 13.3. The molecule has 3 rings (SSSR count). The molecule has 0 aliphatic heterocycles. The van der Waals surface area contributed by atoms with Crippen molar-refractivity contribution in [2.24, 2.45) is 0 Å². The molecule has 0 atom stereocenters. The Bertz CT molecular complexity index is 735. The number of nitrogens with zero attached hydrogens (tertiary/aromatic N) is 2. The van der Waals surface area contributed by atoms with E-state index in [2.05, 4.69) is 10.1 Å². The highest BCUT2D eigenvalue weighted by Crippen LogP contribution is 2.20. The molecule has 2 heterocycles. The molecule has 1 aromatic carbocycles. The van der Waals surface area contributed by atoms with Gasteiger partial charge in [0.25, 0.3) is 5.89 Å². The van der Waals surface area contributed by atoms with Crippen LogP contribution < -0.4 is 4.74 Å². The third-order valence-corrected chi connectivity index (χ3v) is 3.39. The monoisotopic (exact) mass is 302 g/mol. The molecule has 1 N–H and O–H groups in total. The van der Waals surface area contributed by atoms with Crippen molar-refractivity contribution in [2.75, 3.05) is 0 Å². The van der Waals surface area contributed by atoms with Crippen molar-refractivity contribution in [1.82, 2.24) is 10.1 Å². The maximum Gasteiger partial charge on any atom is 0.335 e. The van der Waals surface area contributed by atoms with E-state index >= 15 is 0 Å². The second-order valence-corrected chi connectivity index (χ2v) is 4.93. The summed E-state index contributed by atoms with van der Waals surface area (Å²) in [6.45, 7) is 0.153. The molecule has 0 radical (unpaired) electrons. The molecule has 0 bridgehead atoms. The Hall–Kier alpha value is -2.67. The second kappa shape index (κ2) is 5.76. The summed E-state index contributed by atoms with van der Waals surface area (Å²) in [4.78, 5) is 15.0. The molecule has 106 valence electrons. The summed E-state index contributed by atoms with van der Waals surface area (Å²) < 4.78 is 10.6. The number of aromatic nitrogens is 2. The molecule has 0 unspecified atom stereocenters. The zero-order valence-corrected chi connectivity index (χ0v) is 11.5. The van der Waals surface area contributed by atoms with Crippen molar-refractivity contribution in [3.63, 3.8) is 0 Å². The van der Waals surface area contributed by atoms with Gasteiger partial charge in [0.05, 0.1) is 11.1 Å². The van der Waals surface area contributed by atoms with Gasteiger partial charge >= 0.3 is 5.97 Å². The highest BCUT2D eigenvalue weighted by molar-refractivity contribution is 7.08. The number of hydrogen-bond donors (Lipinski definition) is 1. The lowest BCUT2D eigenvalue weighted by Crippen LogP contribution is -1.99. The second-order valence-electron chi connectivity index (χ2n) is 4.15. The predicted molar refractivity (Wildman–Crippen MR) is 75.3 cm³/mol. The Morgan fingerprint density at radius 1 is 1.29 bits per heavy atom. The zero-order valence-electron chi connectivity index (χ0n) is 10.7. The molecule has 0 saturated heterocycles. The van der Waals surface area contributed by atoms with Crippen molar-refractivity contribution in [2.45, 2.75) is 6.61 Å². The Labute approximate surface area is 123 Å². The quantitative estimate of drug-likeness (QED) is 0.779. The number of carbonyl (C=O) groups is 1. The van der Waals surface area contributed by atoms with E-state index in [1.807, 2.05) is 16.8 Å². The molecule has 0 saturated carbocycles. The predicted octanol–water partition coefficient (Wildman–Crippen LogP) is 3.08. The molecule has 0 aliphatic rings. The summed E-state index contributed by atoms with van der Waals surface area (Å²) in [5.74, 6) is 0.455. The van der Waals surface area contributed by atoms with Crippen LogP contribution in [0, 0.1) is 0 Å². The molecule has 6 nitrogen and oxygen atoms in total. The first-order chi connectivity index (χ1) is 10.2. The summed E-state index contributed by atoms with van der Waals surface area (Å²) in [7, 11) is 0. The van der Waals surface area contributed by atoms with E-state index in [-0.39, 0.29) is 12.2 Å². The molecule has 0 amide bonds. The number of carboxylic acid groups (broad SMARTS) is 1. The van der Waals surface area contributed by atoms with Gasteiger partial charge in [0.2, 0.25) is 5.82 Å². The molecule has 0 aliphatic carbocycles. The first-order valence-corrected chi connectivity index (χ1v) is 6.98. The topological polar surface area (TPSA) is 85.5 Å². The lowest BCUT2D eigenvalue weighted by Gasteiger charge is -2.03. The van der Waals surface area contributed by atoms with Gasteiger partial charge in [-0.05, 0) is 35.7 Å². The number of ether oxygens (including phenoxy) is 1. The van der Waals surface area contributed by atoms with Gasteiger partial charge in [-0.1, -0.05) is 5.16 Å². The number of thiophene rings is 1. The number of hydrogen-bond acceptors (Lipinski definition) is 6. The summed E-state index contributed by atoms with van der Waals surface area (Å²) in [5, 5.41) is 16.5. The van der Waals surface area contributed by atoms with Gasteiger partial charge in [0.15, 0.2) is 6.61 Å². The van der Waals surface area contributed by atoms with Crippen LogP contribution in [0.2, 0.25) is 0 Å². The normalized spacial score (nSPS) is 10.5. The Morgan fingerprint density at radius 2 is 2.10 bits per heavy atom. The van der Waals surface area contributed by atoms with Crippen LogP contribution in [-0.2, 0) is 6.61 Å². The number of benzene rings is 1. The Morgan fingerprint density at radius 3 is 2.76 bits per heavy atom. The molecule has 2 aromatic heterocycles. The minimum atomic E-state index is -0.972. The minimum Gasteiger partial charge on any atom is -0.485 e. The lowest BCUT2D eigenvalue weighted by atomic mass is 10.2. The van der Waals surface area contributed by atoms with Crippen LogP contribution in [0.5, 0.6) is 5.75 Å². The van der Waals surface area contributed by atoms with Gasteiger partial charge in [-0.25, -0.2) is 4.79 Å². The van der Waals surface area contributed by atoms with E-state index < -0.39 is 5.97 Å². The van der Waals surface area contributed by atoms with E-state index in [1.54, 1.807) is 23.5 Å². The fourth-order valence-electron chi connectivity index (χ4n) is 1.66. The van der Waals surface area contributed by atoms with Crippen molar-refractivity contribution < 1.29 is 19.2 Å². The summed E-state index contributed by atoms with van der Waals surface area (Å²) in [6.07, 6.45) is 0. The third-order valence-electron chi connectivity index (χ3n) is 2.71. The third kappa shape index (κ3) is 3.09. The van der Waals surface area contributed by atoms with Crippen LogP contribution in [-0.4, -0.2) is 21.2 Å². The van der Waals surface area contributed by atoms with Crippen LogP contribution in [0.25, 0.3) is 11.5 Å². The van der Waals surface area contributed by atoms with Crippen molar-refractivity contribution >= 4 is 17.3 Å². The summed E-state index contributed by atoms with van der Waals surface area (Å²) >= 11 is 1.55. The number of carboxylic acids is 1. The smallest absolute Gasteiger partial charge is 0.335 e. The summed E-state index contributed by atoms with van der Waals surface area (Å²) in [6, 6.07) is 8.02. The van der Waals surface area contributed by atoms with Crippen LogP contribution in [0.15, 0.2) is 45.6 Å². The van der Waals surface area contributed by atoms with Gasteiger partial charge in [-0.3, -0.25) is 0 Å². The molecule has 7 heteroatoms. The SMILES string of the molecule is O=C(O)c1ccc(OCc2noc(-c3ccsc3)n2)cc1. The van der Waals surface area contributed by atoms with Gasteiger partial charge in [0, 0.05) is 5.38 Å². The van der Waals surface area contributed by atoms with Gasteiger partial charge in [-0.15, -0.1) is 0 Å². The average Bonchev–Trinajstić information content (AvgIpc) is 3.16. The largest absolute Gasteiger partial charge is 0.485 e. The van der Waals surface area contributed by atoms with E-state index in [0.29, 0.717) is 17.5 Å². The molecule has 0 fully saturated rings. The molecule has 21 heavy (non-hydrogen) atoms. The molecule has 3 aromatic rings. The number of rotatable bonds is 5. The van der Waals surface area contributed by atoms with Crippen LogP contribution in [0.4, 0.5) is 0 Å². The average molecular weight is 302 g/mol. The first-order valence-electron chi connectivity index (χ1n) is 6.04. The van der Waals surface area contributed by atoms with Gasteiger partial charge < -0.3 is 14.4 Å². The number of aromatic carboxylic acids is 1. The van der Waals surface area contributed by atoms with Crippen molar-refractivity contribution in [1.29, 1.82) is 0 Å². The van der Waals surface area contributed by atoms with Gasteiger partial charge in [0.1, 0.15) is 5.75 Å². The Balaban J connectivity index is 1.64. The van der Waals surface area contributed by atoms with E-state index in [4.69, 9.17) is 14.4 Å². The van der Waals surface area contributed by atoms with Crippen LogP contribution >= 0.6 is 11.3 Å². The van der Waals surface area contributed by atoms with E-state index in [0.717, 1.165) is 5.56 Å². The molecular weight excluding hydrogens is 292 g/mol. The van der Waals surface area contributed by atoms with Crippen LogP contribution in [0.1, 0.15) is 16.2 Å². The Kier molecular flexibility index (Phi) is 3.65. The highest BCUT2D eigenvalue weighted by atomic mass is 32.1. The fourth-order valence-corrected chi connectivity index (χ4v) is 2.29.